The third-order valence-electron chi connectivity index (χ3n) is 12.0. The minimum Gasteiger partial charge on any atom is -0.462 e. The monoisotopic (exact) mass is 832 g/mol. The fourth-order valence-electron chi connectivity index (χ4n) is 8.02. The standard InChI is InChI=1S/C53H101NO5/c1-4-7-10-13-16-19-21-23-25-26-28-29-31-33-36-39-42-45-51(56)50(48-55)54-52(57)47-49(44-41-38-35-18-15-12-9-6-3)59-53(58)46-43-40-37-34-32-30-27-24-22-20-17-14-11-8-5-2/h12,15,20,22,49-51,55-56H,4-11,13-14,16-19,21,23-48H2,1-3H3,(H,54,57)/b15-12-,22-20-. The van der Waals surface area contributed by atoms with Gasteiger partial charge in [-0.05, 0) is 70.6 Å². The third-order valence-corrected chi connectivity index (χ3v) is 12.0. The third kappa shape index (κ3) is 42.8. The fraction of sp³-hybridized carbons (Fsp3) is 0.887. The normalized spacial score (nSPS) is 13.4. The Morgan fingerprint density at radius 3 is 1.31 bits per heavy atom. The highest BCUT2D eigenvalue weighted by Gasteiger charge is 2.24. The van der Waals surface area contributed by atoms with E-state index in [0.717, 1.165) is 70.6 Å². The SMILES string of the molecule is CCC/C=C\CCCCCC(CC(=O)NC(CO)C(O)CCCCCCCCCCCCCCCCCCC)OC(=O)CCCCCCCCC/C=C\CCCCCC. The van der Waals surface area contributed by atoms with Crippen LogP contribution in [0.4, 0.5) is 0 Å². The van der Waals surface area contributed by atoms with Crippen molar-refractivity contribution in [3.05, 3.63) is 24.3 Å². The highest BCUT2D eigenvalue weighted by molar-refractivity contribution is 5.77. The van der Waals surface area contributed by atoms with Crippen LogP contribution in [0.15, 0.2) is 24.3 Å². The van der Waals surface area contributed by atoms with Gasteiger partial charge in [-0.25, -0.2) is 0 Å². The number of hydrogen-bond donors (Lipinski definition) is 3. The van der Waals surface area contributed by atoms with Crippen molar-refractivity contribution in [3.8, 4) is 0 Å². The van der Waals surface area contributed by atoms with E-state index >= 15 is 0 Å². The molecule has 0 saturated heterocycles. The molecule has 0 aromatic rings. The predicted octanol–water partition coefficient (Wildman–Crippen LogP) is 15.5. The van der Waals surface area contributed by atoms with Crippen molar-refractivity contribution in [2.45, 2.75) is 296 Å². The highest BCUT2D eigenvalue weighted by Crippen LogP contribution is 2.18. The van der Waals surface area contributed by atoms with Crippen LogP contribution in [-0.2, 0) is 14.3 Å². The van der Waals surface area contributed by atoms with Crippen LogP contribution < -0.4 is 5.32 Å². The molecule has 0 bridgehead atoms. The van der Waals surface area contributed by atoms with Crippen molar-refractivity contribution in [2.75, 3.05) is 6.61 Å². The van der Waals surface area contributed by atoms with Crippen LogP contribution in [0.1, 0.15) is 278 Å². The molecule has 0 spiro atoms. The zero-order chi connectivity index (χ0) is 43.1. The number of ether oxygens (including phenoxy) is 1. The maximum atomic E-state index is 13.1. The molecule has 0 aliphatic rings. The average molecular weight is 832 g/mol. The molecule has 0 fully saturated rings. The van der Waals surface area contributed by atoms with Gasteiger partial charge in [0.1, 0.15) is 6.10 Å². The van der Waals surface area contributed by atoms with Crippen molar-refractivity contribution in [1.82, 2.24) is 5.32 Å². The van der Waals surface area contributed by atoms with E-state index in [4.69, 9.17) is 4.74 Å². The fourth-order valence-corrected chi connectivity index (χ4v) is 8.02. The van der Waals surface area contributed by atoms with Gasteiger partial charge in [0.05, 0.1) is 25.2 Å². The van der Waals surface area contributed by atoms with Gasteiger partial charge in [-0.3, -0.25) is 9.59 Å². The smallest absolute Gasteiger partial charge is 0.306 e. The number of amides is 1. The number of aliphatic hydroxyl groups excluding tert-OH is 2. The molecule has 3 N–H and O–H groups in total. The largest absolute Gasteiger partial charge is 0.462 e. The Balaban J connectivity index is 4.36. The van der Waals surface area contributed by atoms with Crippen LogP contribution >= 0.6 is 0 Å². The number of nitrogens with one attached hydrogen (secondary N) is 1. The summed E-state index contributed by atoms with van der Waals surface area (Å²) in [5.41, 5.74) is 0. The lowest BCUT2D eigenvalue weighted by Crippen LogP contribution is -2.46. The van der Waals surface area contributed by atoms with Gasteiger partial charge in [0, 0.05) is 6.42 Å². The first kappa shape index (κ1) is 57.3. The quantitative estimate of drug-likeness (QED) is 0.0322. The van der Waals surface area contributed by atoms with E-state index in [2.05, 4.69) is 50.4 Å². The van der Waals surface area contributed by atoms with Crippen LogP contribution in [0.5, 0.6) is 0 Å². The van der Waals surface area contributed by atoms with Gasteiger partial charge in [0.25, 0.3) is 0 Å². The molecule has 0 radical (unpaired) electrons. The molecule has 0 aromatic carbocycles. The second-order valence-electron chi connectivity index (χ2n) is 17.9. The van der Waals surface area contributed by atoms with Gasteiger partial charge in [0.2, 0.25) is 5.91 Å². The predicted molar refractivity (Wildman–Crippen MR) is 255 cm³/mol. The summed E-state index contributed by atoms with van der Waals surface area (Å²) in [5, 5.41) is 23.7. The van der Waals surface area contributed by atoms with Gasteiger partial charge in [-0.2, -0.15) is 0 Å². The summed E-state index contributed by atoms with van der Waals surface area (Å²) in [7, 11) is 0. The summed E-state index contributed by atoms with van der Waals surface area (Å²) in [5.74, 6) is -0.488. The van der Waals surface area contributed by atoms with Crippen LogP contribution in [0, 0.1) is 0 Å². The molecule has 0 heterocycles. The number of carbonyl (C=O) groups excluding carboxylic acids is 2. The van der Waals surface area contributed by atoms with Gasteiger partial charge in [-0.1, -0.05) is 218 Å². The van der Waals surface area contributed by atoms with Crippen LogP contribution in [0.2, 0.25) is 0 Å². The Morgan fingerprint density at radius 2 is 0.847 bits per heavy atom. The van der Waals surface area contributed by atoms with Crippen molar-refractivity contribution < 1.29 is 24.5 Å². The van der Waals surface area contributed by atoms with Crippen molar-refractivity contribution in [3.63, 3.8) is 0 Å². The summed E-state index contributed by atoms with van der Waals surface area (Å²) in [6.07, 6.45) is 53.9. The summed E-state index contributed by atoms with van der Waals surface area (Å²) in [6.45, 7) is 6.42. The number of esters is 1. The lowest BCUT2D eigenvalue weighted by atomic mass is 10.0. The Labute approximate surface area is 367 Å². The molecule has 0 aliphatic carbocycles. The second-order valence-corrected chi connectivity index (χ2v) is 17.9. The number of rotatable bonds is 47. The Morgan fingerprint density at radius 1 is 0.475 bits per heavy atom. The van der Waals surface area contributed by atoms with E-state index in [-0.39, 0.29) is 24.9 Å². The average Bonchev–Trinajstić information content (AvgIpc) is 3.23. The molecular weight excluding hydrogens is 731 g/mol. The molecule has 0 aliphatic heterocycles. The van der Waals surface area contributed by atoms with Crippen LogP contribution in [0.3, 0.4) is 0 Å². The minimum absolute atomic E-state index is 0.0680. The molecule has 1 amide bonds. The molecule has 3 unspecified atom stereocenters. The minimum atomic E-state index is -0.788. The van der Waals surface area contributed by atoms with Gasteiger partial charge in [0.15, 0.2) is 0 Å². The highest BCUT2D eigenvalue weighted by atomic mass is 16.5. The number of unbranched alkanes of at least 4 members (excludes halogenated alkanes) is 31. The molecular formula is C53H101NO5. The zero-order valence-corrected chi connectivity index (χ0v) is 39.7. The Bertz CT molecular complexity index is 935. The maximum absolute atomic E-state index is 13.1. The molecule has 0 aromatic heterocycles. The summed E-state index contributed by atoms with van der Waals surface area (Å²) < 4.78 is 5.90. The van der Waals surface area contributed by atoms with Crippen LogP contribution in [0.25, 0.3) is 0 Å². The molecule has 6 heteroatoms. The number of hydrogen-bond acceptors (Lipinski definition) is 5. The van der Waals surface area contributed by atoms with Gasteiger partial charge >= 0.3 is 5.97 Å². The summed E-state index contributed by atoms with van der Waals surface area (Å²) in [6, 6.07) is -0.702. The molecule has 0 rings (SSSR count). The van der Waals surface area contributed by atoms with E-state index in [0.29, 0.717) is 19.3 Å². The number of carbonyl (C=O) groups is 2. The van der Waals surface area contributed by atoms with E-state index in [1.165, 1.54) is 161 Å². The first-order valence-corrected chi connectivity index (χ1v) is 26.1. The molecule has 6 nitrogen and oxygen atoms in total. The molecule has 59 heavy (non-hydrogen) atoms. The Kier molecular flexibility index (Phi) is 46.1. The summed E-state index contributed by atoms with van der Waals surface area (Å²) >= 11 is 0. The van der Waals surface area contributed by atoms with Crippen molar-refractivity contribution in [1.29, 1.82) is 0 Å². The molecule has 0 saturated carbocycles. The second kappa shape index (κ2) is 47.4. The number of allylic oxidation sites excluding steroid dienone is 4. The first-order chi connectivity index (χ1) is 29.0. The number of aliphatic hydroxyl groups is 2. The first-order valence-electron chi connectivity index (χ1n) is 26.1. The van der Waals surface area contributed by atoms with Gasteiger partial charge in [-0.15, -0.1) is 0 Å². The van der Waals surface area contributed by atoms with E-state index in [1.807, 2.05) is 0 Å². The van der Waals surface area contributed by atoms with Gasteiger partial charge < -0.3 is 20.3 Å². The Hall–Kier alpha value is -1.66. The van der Waals surface area contributed by atoms with Crippen molar-refractivity contribution >= 4 is 11.9 Å². The van der Waals surface area contributed by atoms with E-state index in [9.17, 15) is 19.8 Å². The van der Waals surface area contributed by atoms with E-state index in [1.54, 1.807) is 0 Å². The molecule has 348 valence electrons. The molecule has 3 atom stereocenters. The van der Waals surface area contributed by atoms with E-state index < -0.39 is 18.2 Å². The lowest BCUT2D eigenvalue weighted by Gasteiger charge is -2.24. The zero-order valence-electron chi connectivity index (χ0n) is 39.7. The summed E-state index contributed by atoms with van der Waals surface area (Å²) in [4.78, 5) is 26.0. The van der Waals surface area contributed by atoms with Crippen molar-refractivity contribution in [2.24, 2.45) is 0 Å². The maximum Gasteiger partial charge on any atom is 0.306 e. The lowest BCUT2D eigenvalue weighted by molar-refractivity contribution is -0.151. The topological polar surface area (TPSA) is 95.9 Å². The van der Waals surface area contributed by atoms with Crippen LogP contribution in [-0.4, -0.2) is 46.9 Å².